The predicted molar refractivity (Wildman–Crippen MR) is 31.3 cm³/mol. The second kappa shape index (κ2) is 3.28. The van der Waals surface area contributed by atoms with E-state index in [1.807, 2.05) is 13.0 Å². The van der Waals surface area contributed by atoms with Crippen LogP contribution in [0.4, 0.5) is 0 Å². The quantitative estimate of drug-likeness (QED) is 0.464. The van der Waals surface area contributed by atoms with Crippen LogP contribution in [0.3, 0.4) is 0 Å². The molecule has 0 saturated carbocycles. The first kappa shape index (κ1) is 6.08. The highest BCUT2D eigenvalue weighted by molar-refractivity contribution is 5.11. The maximum absolute atomic E-state index is 5.23. The SMILES string of the molecule is C/C=C\C(N)=C/N. The maximum atomic E-state index is 5.23. The molecule has 0 aliphatic rings. The van der Waals surface area contributed by atoms with Gasteiger partial charge in [0.1, 0.15) is 0 Å². The van der Waals surface area contributed by atoms with E-state index in [4.69, 9.17) is 11.5 Å². The van der Waals surface area contributed by atoms with Gasteiger partial charge in [-0.2, -0.15) is 0 Å². The van der Waals surface area contributed by atoms with E-state index < -0.39 is 0 Å². The number of hydrogen-bond donors (Lipinski definition) is 2. The molecule has 0 heterocycles. The largest absolute Gasteiger partial charge is 0.403 e. The molecule has 0 unspecified atom stereocenters. The Balaban J connectivity index is 3.58. The Hall–Kier alpha value is -0.920. The Kier molecular flexibility index (Phi) is 2.85. The average Bonchev–Trinajstić information content (AvgIpc) is 1.68. The van der Waals surface area contributed by atoms with Crippen LogP contribution >= 0.6 is 0 Å². The number of nitrogens with two attached hydrogens (primary N) is 2. The molecule has 2 nitrogen and oxygen atoms in total. The normalized spacial score (nSPS) is 13.0. The van der Waals surface area contributed by atoms with Crippen LogP contribution in [-0.4, -0.2) is 0 Å². The molecule has 0 aromatic rings. The summed E-state index contributed by atoms with van der Waals surface area (Å²) in [6.45, 7) is 1.89. The van der Waals surface area contributed by atoms with Gasteiger partial charge in [-0.25, -0.2) is 0 Å². The second-order valence-electron chi connectivity index (χ2n) is 1.17. The van der Waals surface area contributed by atoms with Crippen molar-refractivity contribution in [1.29, 1.82) is 0 Å². The summed E-state index contributed by atoms with van der Waals surface area (Å²) >= 11 is 0. The molecule has 4 N–H and O–H groups in total. The van der Waals surface area contributed by atoms with Gasteiger partial charge in [0.15, 0.2) is 0 Å². The molecule has 0 fully saturated rings. The summed E-state index contributed by atoms with van der Waals surface area (Å²) < 4.78 is 0. The van der Waals surface area contributed by atoms with E-state index in [-0.39, 0.29) is 0 Å². The smallest absolute Gasteiger partial charge is 0.0468 e. The van der Waals surface area contributed by atoms with Crippen molar-refractivity contribution in [2.45, 2.75) is 6.92 Å². The minimum atomic E-state index is 0.600. The van der Waals surface area contributed by atoms with Gasteiger partial charge < -0.3 is 11.5 Å². The second-order valence-corrected chi connectivity index (χ2v) is 1.17. The van der Waals surface area contributed by atoms with Gasteiger partial charge in [-0.15, -0.1) is 0 Å². The molecular formula is C5H10N2. The zero-order valence-corrected chi connectivity index (χ0v) is 4.39. The third-order valence-electron chi connectivity index (χ3n) is 0.552. The molecule has 40 valence electrons. The monoisotopic (exact) mass is 98.1 g/mol. The van der Waals surface area contributed by atoms with Gasteiger partial charge in [0.25, 0.3) is 0 Å². The molecule has 0 amide bonds. The summed E-state index contributed by atoms with van der Waals surface area (Å²) in [4.78, 5) is 0. The van der Waals surface area contributed by atoms with E-state index >= 15 is 0 Å². The Morgan fingerprint density at radius 2 is 2.14 bits per heavy atom. The molecule has 7 heavy (non-hydrogen) atoms. The Morgan fingerprint density at radius 3 is 2.29 bits per heavy atom. The van der Waals surface area contributed by atoms with Gasteiger partial charge in [-0.1, -0.05) is 6.08 Å². The minimum Gasteiger partial charge on any atom is -0.403 e. The highest BCUT2D eigenvalue weighted by atomic mass is 14.6. The van der Waals surface area contributed by atoms with Gasteiger partial charge in [0.2, 0.25) is 0 Å². The standard InChI is InChI=1S/C5H10N2/c1-2-3-5(7)4-6/h2-4H,6-7H2,1H3/b3-2-,5-4+. The molecule has 0 aromatic heterocycles. The fourth-order valence-corrected chi connectivity index (χ4v) is 0.248. The summed E-state index contributed by atoms with van der Waals surface area (Å²) in [5.41, 5.74) is 10.9. The van der Waals surface area contributed by atoms with Gasteiger partial charge >= 0.3 is 0 Å². The highest BCUT2D eigenvalue weighted by Crippen LogP contribution is 1.79. The maximum Gasteiger partial charge on any atom is 0.0468 e. The van der Waals surface area contributed by atoms with Gasteiger partial charge in [0, 0.05) is 11.9 Å². The van der Waals surface area contributed by atoms with Crippen LogP contribution in [0, 0.1) is 0 Å². The fraction of sp³-hybridized carbons (Fsp3) is 0.200. The highest BCUT2D eigenvalue weighted by Gasteiger charge is 1.70. The van der Waals surface area contributed by atoms with Gasteiger partial charge in [-0.3, -0.25) is 0 Å². The zero-order chi connectivity index (χ0) is 5.70. The van der Waals surface area contributed by atoms with E-state index in [0.29, 0.717) is 5.70 Å². The topological polar surface area (TPSA) is 52.0 Å². The fourth-order valence-electron chi connectivity index (χ4n) is 0.248. The van der Waals surface area contributed by atoms with Crippen molar-refractivity contribution < 1.29 is 0 Å². The molecule has 0 saturated heterocycles. The minimum absolute atomic E-state index is 0.600. The van der Waals surface area contributed by atoms with E-state index in [1.165, 1.54) is 6.20 Å². The van der Waals surface area contributed by atoms with Crippen LogP contribution in [0.5, 0.6) is 0 Å². The Morgan fingerprint density at radius 1 is 1.57 bits per heavy atom. The van der Waals surface area contributed by atoms with Crippen molar-refractivity contribution in [3.8, 4) is 0 Å². The first-order valence-electron chi connectivity index (χ1n) is 2.11. The molecule has 0 atom stereocenters. The van der Waals surface area contributed by atoms with Crippen LogP contribution in [0.2, 0.25) is 0 Å². The lowest BCUT2D eigenvalue weighted by Gasteiger charge is -1.83. The lowest BCUT2D eigenvalue weighted by molar-refractivity contribution is 1.36. The van der Waals surface area contributed by atoms with E-state index in [9.17, 15) is 0 Å². The summed E-state index contributed by atoms with van der Waals surface area (Å²) in [6, 6.07) is 0. The van der Waals surface area contributed by atoms with Gasteiger partial charge in [0.05, 0.1) is 0 Å². The van der Waals surface area contributed by atoms with Crippen molar-refractivity contribution >= 4 is 0 Å². The molecule has 0 bridgehead atoms. The van der Waals surface area contributed by atoms with Crippen LogP contribution in [0.15, 0.2) is 24.0 Å². The van der Waals surface area contributed by atoms with Crippen molar-refractivity contribution in [2.75, 3.05) is 0 Å². The van der Waals surface area contributed by atoms with Crippen LogP contribution < -0.4 is 11.5 Å². The van der Waals surface area contributed by atoms with E-state index in [2.05, 4.69) is 0 Å². The lowest BCUT2D eigenvalue weighted by Crippen LogP contribution is -1.95. The summed E-state index contributed by atoms with van der Waals surface area (Å²) in [5.74, 6) is 0. The van der Waals surface area contributed by atoms with E-state index in [0.717, 1.165) is 0 Å². The van der Waals surface area contributed by atoms with Crippen LogP contribution in [-0.2, 0) is 0 Å². The van der Waals surface area contributed by atoms with Gasteiger partial charge in [-0.05, 0) is 13.0 Å². The summed E-state index contributed by atoms with van der Waals surface area (Å²) in [6.07, 6.45) is 4.93. The summed E-state index contributed by atoms with van der Waals surface area (Å²) in [7, 11) is 0. The molecule has 0 radical (unpaired) electrons. The predicted octanol–water partition coefficient (Wildman–Crippen LogP) is 0.321. The van der Waals surface area contributed by atoms with Crippen molar-refractivity contribution in [2.24, 2.45) is 11.5 Å². The molecule has 0 aliphatic carbocycles. The first-order chi connectivity index (χ1) is 3.31. The molecular weight excluding hydrogens is 88.1 g/mol. The summed E-state index contributed by atoms with van der Waals surface area (Å²) in [5, 5.41) is 0. The number of rotatable bonds is 1. The van der Waals surface area contributed by atoms with Crippen molar-refractivity contribution in [3.63, 3.8) is 0 Å². The van der Waals surface area contributed by atoms with Crippen molar-refractivity contribution in [3.05, 3.63) is 24.0 Å². The van der Waals surface area contributed by atoms with Crippen molar-refractivity contribution in [1.82, 2.24) is 0 Å². The zero-order valence-electron chi connectivity index (χ0n) is 4.39. The van der Waals surface area contributed by atoms with Crippen LogP contribution in [0.25, 0.3) is 0 Å². The molecule has 0 rings (SSSR count). The first-order valence-corrected chi connectivity index (χ1v) is 2.11. The number of hydrogen-bond acceptors (Lipinski definition) is 2. The molecule has 0 aromatic carbocycles. The van der Waals surface area contributed by atoms with E-state index in [1.54, 1.807) is 6.08 Å². The van der Waals surface area contributed by atoms with Crippen LogP contribution in [0.1, 0.15) is 6.92 Å². The Labute approximate surface area is 43.5 Å². The lowest BCUT2D eigenvalue weighted by atomic mass is 10.4. The Bertz CT molecular complexity index is 92.3. The average molecular weight is 98.1 g/mol. The molecule has 2 heteroatoms. The third-order valence-corrected chi connectivity index (χ3v) is 0.552. The number of allylic oxidation sites excluding steroid dienone is 2. The molecule has 0 aliphatic heterocycles. The third kappa shape index (κ3) is 2.89. The molecule has 0 spiro atoms.